The molecule has 0 spiro atoms. The summed E-state index contributed by atoms with van der Waals surface area (Å²) < 4.78 is 24.7. The van der Waals surface area contributed by atoms with E-state index < -0.39 is 12.3 Å². The zero-order valence-electron chi connectivity index (χ0n) is 6.60. The quantitative estimate of drug-likeness (QED) is 0.846. The van der Waals surface area contributed by atoms with Gasteiger partial charge in [-0.25, -0.2) is 13.8 Å². The highest BCUT2D eigenvalue weighted by Crippen LogP contribution is 2.30. The second kappa shape index (κ2) is 4.35. The fourth-order valence-electron chi connectivity index (χ4n) is 0.802. The lowest BCUT2D eigenvalue weighted by molar-refractivity contribution is 0.0994. The maximum atomic E-state index is 12.3. The molecule has 76 valence electrons. The number of carbonyl (C=O) groups excluding carboxylic acids is 1. The number of aromatic nitrogens is 1. The fraction of sp³-hybridized carbons (Fsp3) is 0.143. The van der Waals surface area contributed by atoms with Crippen LogP contribution in [-0.2, 0) is 0 Å². The molecule has 0 aliphatic heterocycles. The van der Waals surface area contributed by atoms with Gasteiger partial charge in [0.05, 0.1) is 10.6 Å². The zero-order chi connectivity index (χ0) is 10.9. The lowest BCUT2D eigenvalue weighted by Crippen LogP contribution is -2.15. The minimum atomic E-state index is -2.67. The monoisotopic (exact) mass is 332 g/mol. The molecular formula is C7H4ClF2IN2O. The average Bonchev–Trinajstić information content (AvgIpc) is 2.08. The van der Waals surface area contributed by atoms with Crippen LogP contribution in [0.25, 0.3) is 0 Å². The Kier molecular flexibility index (Phi) is 3.59. The Balaban J connectivity index is 3.33. The Hall–Kier alpha value is -0.500. The van der Waals surface area contributed by atoms with Gasteiger partial charge in [0.2, 0.25) is 0 Å². The van der Waals surface area contributed by atoms with Crippen LogP contribution < -0.4 is 5.73 Å². The Morgan fingerprint density at radius 1 is 1.64 bits per heavy atom. The van der Waals surface area contributed by atoms with Crippen molar-refractivity contribution in [2.75, 3.05) is 0 Å². The smallest absolute Gasteiger partial charge is 0.268 e. The van der Waals surface area contributed by atoms with Crippen LogP contribution >= 0.6 is 34.2 Å². The minimum absolute atomic E-state index is 0.100. The van der Waals surface area contributed by atoms with Crippen molar-refractivity contribution in [3.63, 3.8) is 0 Å². The summed E-state index contributed by atoms with van der Waals surface area (Å²) in [7, 11) is 0. The van der Waals surface area contributed by atoms with Crippen molar-refractivity contribution in [1.82, 2.24) is 4.98 Å². The molecule has 0 aliphatic carbocycles. The third-order valence-corrected chi connectivity index (χ3v) is 3.30. The van der Waals surface area contributed by atoms with Crippen LogP contribution in [0.5, 0.6) is 0 Å². The summed E-state index contributed by atoms with van der Waals surface area (Å²) in [6.07, 6.45) is -1.77. The number of amides is 1. The van der Waals surface area contributed by atoms with Crippen LogP contribution in [0, 0.1) is 3.57 Å². The van der Waals surface area contributed by atoms with E-state index in [1.54, 1.807) is 22.6 Å². The van der Waals surface area contributed by atoms with E-state index in [1.807, 2.05) is 0 Å². The van der Waals surface area contributed by atoms with Crippen molar-refractivity contribution >= 4 is 40.1 Å². The van der Waals surface area contributed by atoms with Gasteiger partial charge in [-0.1, -0.05) is 11.6 Å². The van der Waals surface area contributed by atoms with Gasteiger partial charge < -0.3 is 5.73 Å². The molecule has 0 saturated carbocycles. The third-order valence-electron chi connectivity index (χ3n) is 1.46. The standard InChI is InChI=1S/C7H4ClF2IN2O/c8-3-4(11)2(6(9)10)1-13-5(3)7(12)14/h1,6H,(H2,12,14). The highest BCUT2D eigenvalue weighted by atomic mass is 127. The van der Waals surface area contributed by atoms with E-state index in [-0.39, 0.29) is 19.9 Å². The lowest BCUT2D eigenvalue weighted by atomic mass is 10.2. The number of rotatable bonds is 2. The van der Waals surface area contributed by atoms with Crippen molar-refractivity contribution in [2.45, 2.75) is 6.43 Å². The molecular weight excluding hydrogens is 328 g/mol. The number of nitrogens with zero attached hydrogens (tertiary/aromatic N) is 1. The molecule has 0 unspecified atom stereocenters. The summed E-state index contributed by atoms with van der Waals surface area (Å²) in [6, 6.07) is 0. The normalized spacial score (nSPS) is 10.6. The van der Waals surface area contributed by atoms with Crippen molar-refractivity contribution in [3.05, 3.63) is 26.0 Å². The molecule has 0 aliphatic rings. The van der Waals surface area contributed by atoms with Crippen molar-refractivity contribution in [2.24, 2.45) is 5.73 Å². The summed E-state index contributed by atoms with van der Waals surface area (Å²) >= 11 is 7.25. The van der Waals surface area contributed by atoms with E-state index in [0.29, 0.717) is 0 Å². The van der Waals surface area contributed by atoms with Gasteiger partial charge in [-0.15, -0.1) is 0 Å². The highest BCUT2D eigenvalue weighted by molar-refractivity contribution is 14.1. The van der Waals surface area contributed by atoms with Gasteiger partial charge >= 0.3 is 0 Å². The molecule has 3 nitrogen and oxygen atoms in total. The number of alkyl halides is 2. The molecule has 1 heterocycles. The van der Waals surface area contributed by atoms with Crippen molar-refractivity contribution < 1.29 is 13.6 Å². The Bertz CT molecular complexity index is 386. The van der Waals surface area contributed by atoms with Crippen LogP contribution in [0.4, 0.5) is 8.78 Å². The molecule has 0 bridgehead atoms. The van der Waals surface area contributed by atoms with Gasteiger partial charge in [0.25, 0.3) is 12.3 Å². The number of hydrogen-bond acceptors (Lipinski definition) is 2. The van der Waals surface area contributed by atoms with E-state index in [1.165, 1.54) is 0 Å². The largest absolute Gasteiger partial charge is 0.364 e. The van der Waals surface area contributed by atoms with Crippen LogP contribution in [0.3, 0.4) is 0 Å². The van der Waals surface area contributed by atoms with Gasteiger partial charge in [0.15, 0.2) is 0 Å². The van der Waals surface area contributed by atoms with Crippen molar-refractivity contribution in [3.8, 4) is 0 Å². The van der Waals surface area contributed by atoms with E-state index >= 15 is 0 Å². The Labute approximate surface area is 96.8 Å². The second-order valence-corrected chi connectivity index (χ2v) is 3.81. The molecule has 0 fully saturated rings. The molecule has 0 radical (unpaired) electrons. The summed E-state index contributed by atoms with van der Waals surface area (Å²) in [4.78, 5) is 14.2. The van der Waals surface area contributed by atoms with Crippen LogP contribution in [0.2, 0.25) is 5.02 Å². The van der Waals surface area contributed by atoms with Gasteiger partial charge in [0.1, 0.15) is 5.69 Å². The zero-order valence-corrected chi connectivity index (χ0v) is 9.51. The first-order valence-corrected chi connectivity index (χ1v) is 4.82. The van der Waals surface area contributed by atoms with Gasteiger partial charge in [0, 0.05) is 9.77 Å². The number of pyridine rings is 1. The molecule has 14 heavy (non-hydrogen) atoms. The van der Waals surface area contributed by atoms with Crippen LogP contribution in [0.15, 0.2) is 6.20 Å². The molecule has 0 aromatic carbocycles. The molecule has 7 heteroatoms. The molecule has 1 rings (SSSR count). The average molecular weight is 332 g/mol. The predicted octanol–water partition coefficient (Wildman–Crippen LogP) is 2.38. The maximum Gasteiger partial charge on any atom is 0.268 e. The molecule has 1 aromatic rings. The van der Waals surface area contributed by atoms with Gasteiger partial charge in [-0.05, 0) is 22.6 Å². The molecule has 0 atom stereocenters. The van der Waals surface area contributed by atoms with Crippen LogP contribution in [-0.4, -0.2) is 10.9 Å². The van der Waals surface area contributed by atoms with Crippen LogP contribution in [0.1, 0.15) is 22.5 Å². The van der Waals surface area contributed by atoms with Crippen molar-refractivity contribution in [1.29, 1.82) is 0 Å². The van der Waals surface area contributed by atoms with E-state index in [4.69, 9.17) is 17.3 Å². The first kappa shape index (κ1) is 11.6. The van der Waals surface area contributed by atoms with Gasteiger partial charge in [-0.3, -0.25) is 4.79 Å². The third kappa shape index (κ3) is 2.11. The number of carbonyl (C=O) groups is 1. The predicted molar refractivity (Wildman–Crippen MR) is 55.4 cm³/mol. The summed E-state index contributed by atoms with van der Waals surface area (Å²) in [5.41, 5.74) is 4.43. The fourth-order valence-corrected chi connectivity index (χ4v) is 1.68. The Morgan fingerprint density at radius 2 is 2.21 bits per heavy atom. The Morgan fingerprint density at radius 3 is 2.64 bits per heavy atom. The summed E-state index contributed by atoms with van der Waals surface area (Å²) in [5, 5.41) is -0.129. The molecule has 2 N–H and O–H groups in total. The highest BCUT2D eigenvalue weighted by Gasteiger charge is 2.19. The SMILES string of the molecule is NC(=O)c1ncc(C(F)F)c(I)c1Cl. The minimum Gasteiger partial charge on any atom is -0.364 e. The number of hydrogen-bond donors (Lipinski definition) is 1. The van der Waals surface area contributed by atoms with E-state index in [0.717, 1.165) is 6.20 Å². The number of primary amides is 1. The lowest BCUT2D eigenvalue weighted by Gasteiger charge is -2.06. The molecule has 1 amide bonds. The summed E-state index contributed by atoms with van der Waals surface area (Å²) in [5.74, 6) is -0.839. The second-order valence-electron chi connectivity index (χ2n) is 2.36. The maximum absolute atomic E-state index is 12.3. The van der Waals surface area contributed by atoms with E-state index in [2.05, 4.69) is 4.98 Å². The molecule has 1 aromatic heterocycles. The topological polar surface area (TPSA) is 56.0 Å². The van der Waals surface area contributed by atoms with E-state index in [9.17, 15) is 13.6 Å². The first-order valence-electron chi connectivity index (χ1n) is 3.37. The number of halogens is 4. The first-order chi connectivity index (χ1) is 6.45. The molecule has 0 saturated heterocycles. The van der Waals surface area contributed by atoms with Gasteiger partial charge in [-0.2, -0.15) is 0 Å². The summed E-state index contributed by atoms with van der Waals surface area (Å²) in [6.45, 7) is 0. The number of nitrogens with two attached hydrogens (primary N) is 1.